The highest BCUT2D eigenvalue weighted by atomic mass is 19.2. The minimum Gasteiger partial charge on any atom is -0.330 e. The third-order valence-corrected chi connectivity index (χ3v) is 3.73. The number of nitrogens with two attached hydrogens (primary N) is 1. The van der Waals surface area contributed by atoms with Crippen molar-refractivity contribution in [1.82, 2.24) is 9.55 Å². The van der Waals surface area contributed by atoms with Gasteiger partial charge in [-0.25, -0.2) is 18.2 Å². The maximum absolute atomic E-state index is 13.5. The van der Waals surface area contributed by atoms with Crippen molar-refractivity contribution < 1.29 is 13.2 Å². The summed E-state index contributed by atoms with van der Waals surface area (Å²) in [5.41, 5.74) is 7.36. The zero-order chi connectivity index (χ0) is 16.4. The Balaban J connectivity index is 2.04. The molecular weight excluding hydrogens is 303 g/mol. The number of fused-ring (bicyclic) bond motifs is 1. The van der Waals surface area contributed by atoms with Gasteiger partial charge in [0.15, 0.2) is 11.6 Å². The Labute approximate surface area is 131 Å². The third kappa shape index (κ3) is 3.22. The van der Waals surface area contributed by atoms with Crippen molar-refractivity contribution in [3.05, 3.63) is 65.2 Å². The van der Waals surface area contributed by atoms with Gasteiger partial charge in [0.25, 0.3) is 0 Å². The summed E-state index contributed by atoms with van der Waals surface area (Å²) in [6.07, 6.45) is 1.14. The van der Waals surface area contributed by atoms with Crippen LogP contribution in [0.5, 0.6) is 0 Å². The van der Waals surface area contributed by atoms with Crippen molar-refractivity contribution in [3.8, 4) is 0 Å². The van der Waals surface area contributed by atoms with Gasteiger partial charge in [0.1, 0.15) is 11.6 Å². The predicted molar refractivity (Wildman–Crippen MR) is 82.5 cm³/mol. The van der Waals surface area contributed by atoms with E-state index in [4.69, 9.17) is 5.73 Å². The second kappa shape index (κ2) is 6.42. The van der Waals surface area contributed by atoms with Crippen LogP contribution in [0.1, 0.15) is 17.8 Å². The molecule has 2 N–H and O–H groups in total. The number of halogens is 3. The maximum atomic E-state index is 13.5. The van der Waals surface area contributed by atoms with Gasteiger partial charge >= 0.3 is 0 Å². The normalized spacial score (nSPS) is 11.3. The fraction of sp³-hybridized carbons (Fsp3) is 0.235. The monoisotopic (exact) mass is 319 g/mol. The first-order valence-corrected chi connectivity index (χ1v) is 7.37. The van der Waals surface area contributed by atoms with Gasteiger partial charge in [-0.3, -0.25) is 0 Å². The van der Waals surface area contributed by atoms with E-state index in [1.165, 1.54) is 12.1 Å². The average Bonchev–Trinajstić information content (AvgIpc) is 2.84. The molecule has 1 aromatic heterocycles. The summed E-state index contributed by atoms with van der Waals surface area (Å²) in [6.45, 7) is 1.05. The van der Waals surface area contributed by atoms with Crippen LogP contribution < -0.4 is 5.73 Å². The van der Waals surface area contributed by atoms with Gasteiger partial charge in [-0.2, -0.15) is 0 Å². The number of aromatic nitrogens is 2. The number of rotatable bonds is 5. The van der Waals surface area contributed by atoms with Gasteiger partial charge < -0.3 is 10.3 Å². The molecule has 3 rings (SSSR count). The Morgan fingerprint density at radius 2 is 1.70 bits per heavy atom. The highest BCUT2D eigenvalue weighted by Crippen LogP contribution is 2.22. The molecule has 0 aliphatic heterocycles. The van der Waals surface area contributed by atoms with Gasteiger partial charge in [0, 0.05) is 25.1 Å². The van der Waals surface area contributed by atoms with Crippen molar-refractivity contribution in [3.63, 3.8) is 0 Å². The number of benzene rings is 2. The lowest BCUT2D eigenvalue weighted by Crippen LogP contribution is -2.09. The number of imidazole rings is 1. The van der Waals surface area contributed by atoms with E-state index in [1.54, 1.807) is 12.1 Å². The molecule has 0 spiro atoms. The van der Waals surface area contributed by atoms with Crippen LogP contribution in [-0.4, -0.2) is 16.1 Å². The van der Waals surface area contributed by atoms with E-state index in [-0.39, 0.29) is 5.82 Å². The van der Waals surface area contributed by atoms with E-state index in [1.807, 2.05) is 4.57 Å². The summed E-state index contributed by atoms with van der Waals surface area (Å²) in [5.74, 6) is -1.46. The molecule has 23 heavy (non-hydrogen) atoms. The van der Waals surface area contributed by atoms with Crippen LogP contribution in [0.15, 0.2) is 36.4 Å². The minimum atomic E-state index is -0.922. The summed E-state index contributed by atoms with van der Waals surface area (Å²) in [7, 11) is 0. The Kier molecular flexibility index (Phi) is 4.34. The molecule has 0 unspecified atom stereocenters. The first-order valence-electron chi connectivity index (χ1n) is 7.37. The Morgan fingerprint density at radius 1 is 1.00 bits per heavy atom. The third-order valence-electron chi connectivity index (χ3n) is 3.73. The van der Waals surface area contributed by atoms with E-state index in [9.17, 15) is 13.2 Å². The number of aryl methyl sites for hydroxylation is 1. The summed E-state index contributed by atoms with van der Waals surface area (Å²) in [6, 6.07) is 8.34. The van der Waals surface area contributed by atoms with Crippen LogP contribution >= 0.6 is 0 Å². The molecule has 0 atom stereocenters. The quantitative estimate of drug-likeness (QED) is 0.783. The standard InChI is InChI=1S/C17H16F3N3/c18-12-4-2-11(3-5-12)8-17-22-15-9-13(19)14(20)10-16(15)23(17)7-1-6-21/h2-5,9-10H,1,6-8,21H2. The van der Waals surface area contributed by atoms with E-state index in [0.717, 1.165) is 17.7 Å². The fourth-order valence-corrected chi connectivity index (χ4v) is 2.59. The van der Waals surface area contributed by atoms with E-state index >= 15 is 0 Å². The van der Waals surface area contributed by atoms with Gasteiger partial charge in [0.2, 0.25) is 0 Å². The zero-order valence-electron chi connectivity index (χ0n) is 12.4. The van der Waals surface area contributed by atoms with Crippen LogP contribution in [0.4, 0.5) is 13.2 Å². The Morgan fingerprint density at radius 3 is 2.39 bits per heavy atom. The topological polar surface area (TPSA) is 43.8 Å². The van der Waals surface area contributed by atoms with E-state index < -0.39 is 11.6 Å². The minimum absolute atomic E-state index is 0.311. The van der Waals surface area contributed by atoms with Crippen molar-refractivity contribution in [2.75, 3.05) is 6.54 Å². The Hall–Kier alpha value is -2.34. The lowest BCUT2D eigenvalue weighted by Gasteiger charge is -2.09. The molecule has 0 radical (unpaired) electrons. The van der Waals surface area contributed by atoms with Crippen molar-refractivity contribution >= 4 is 11.0 Å². The summed E-state index contributed by atoms with van der Waals surface area (Å²) >= 11 is 0. The molecule has 3 nitrogen and oxygen atoms in total. The van der Waals surface area contributed by atoms with Gasteiger partial charge in [-0.05, 0) is 30.7 Å². The molecule has 1 heterocycles. The van der Waals surface area contributed by atoms with Crippen molar-refractivity contribution in [2.45, 2.75) is 19.4 Å². The summed E-state index contributed by atoms with van der Waals surface area (Å²) < 4.78 is 41.8. The highest BCUT2D eigenvalue weighted by molar-refractivity contribution is 5.76. The molecule has 0 bridgehead atoms. The van der Waals surface area contributed by atoms with Gasteiger partial charge in [0.05, 0.1) is 11.0 Å². The van der Waals surface area contributed by atoms with Crippen LogP contribution in [0, 0.1) is 17.5 Å². The lowest BCUT2D eigenvalue weighted by molar-refractivity contribution is 0.510. The van der Waals surface area contributed by atoms with Crippen molar-refractivity contribution in [2.24, 2.45) is 5.73 Å². The van der Waals surface area contributed by atoms with Gasteiger partial charge in [-0.15, -0.1) is 0 Å². The lowest BCUT2D eigenvalue weighted by atomic mass is 10.1. The number of hydrogen-bond acceptors (Lipinski definition) is 2. The molecule has 6 heteroatoms. The average molecular weight is 319 g/mol. The van der Waals surface area contributed by atoms with Crippen LogP contribution in [-0.2, 0) is 13.0 Å². The molecule has 0 saturated carbocycles. The zero-order valence-corrected chi connectivity index (χ0v) is 12.4. The smallest absolute Gasteiger partial charge is 0.161 e. The summed E-state index contributed by atoms with van der Waals surface area (Å²) in [5, 5.41) is 0. The number of nitrogens with zero attached hydrogens (tertiary/aromatic N) is 2. The molecule has 0 amide bonds. The molecule has 120 valence electrons. The second-order valence-corrected chi connectivity index (χ2v) is 5.38. The largest absolute Gasteiger partial charge is 0.330 e. The molecule has 0 fully saturated rings. The van der Waals surface area contributed by atoms with E-state index in [2.05, 4.69) is 4.98 Å². The van der Waals surface area contributed by atoms with Crippen LogP contribution in [0.2, 0.25) is 0 Å². The number of hydrogen-bond donors (Lipinski definition) is 1. The first kappa shape index (κ1) is 15.6. The van der Waals surface area contributed by atoms with E-state index in [0.29, 0.717) is 42.8 Å². The highest BCUT2D eigenvalue weighted by Gasteiger charge is 2.14. The first-order chi connectivity index (χ1) is 11.1. The molecule has 3 aromatic rings. The maximum Gasteiger partial charge on any atom is 0.161 e. The SMILES string of the molecule is NCCCn1c(Cc2ccc(F)cc2)nc2cc(F)c(F)cc21. The Bertz CT molecular complexity index is 825. The molecule has 0 aliphatic carbocycles. The predicted octanol–water partition coefficient (Wildman–Crippen LogP) is 3.39. The summed E-state index contributed by atoms with van der Waals surface area (Å²) in [4.78, 5) is 4.41. The molecule has 2 aromatic carbocycles. The molecule has 0 aliphatic rings. The van der Waals surface area contributed by atoms with Crippen LogP contribution in [0.25, 0.3) is 11.0 Å². The second-order valence-electron chi connectivity index (χ2n) is 5.38. The molecule has 0 saturated heterocycles. The molecular formula is C17H16F3N3. The fourth-order valence-electron chi connectivity index (χ4n) is 2.59. The van der Waals surface area contributed by atoms with Crippen molar-refractivity contribution in [1.29, 1.82) is 0 Å². The van der Waals surface area contributed by atoms with Crippen LogP contribution in [0.3, 0.4) is 0 Å². The van der Waals surface area contributed by atoms with Gasteiger partial charge in [-0.1, -0.05) is 12.1 Å².